The van der Waals surface area contributed by atoms with Crippen molar-refractivity contribution < 1.29 is 0 Å². The minimum Gasteiger partial charge on any atom is -0.254 e. The second kappa shape index (κ2) is 7.00. The van der Waals surface area contributed by atoms with Gasteiger partial charge in [0.2, 0.25) is 0 Å². The number of unbranched alkanes of at least 4 members (excludes halogenated alkanes) is 1. The lowest BCUT2D eigenvalue weighted by Gasteiger charge is -1.92. The highest BCUT2D eigenvalue weighted by molar-refractivity contribution is 9.18. The molecule has 0 N–H and O–H groups in total. The summed E-state index contributed by atoms with van der Waals surface area (Å²) >= 11 is 3.38. The minimum atomic E-state index is 1.05. The maximum absolute atomic E-state index is 4.13. The zero-order valence-electron chi connectivity index (χ0n) is 6.60. The van der Waals surface area contributed by atoms with Crippen molar-refractivity contribution in [1.82, 2.24) is 0 Å². The third-order valence-electron chi connectivity index (χ3n) is 1.10. The smallest absolute Gasteiger partial charge is 0.0829 e. The molecule has 0 aliphatic rings. The van der Waals surface area contributed by atoms with Crippen molar-refractivity contribution in [3.63, 3.8) is 0 Å². The Morgan fingerprint density at radius 1 is 1.60 bits per heavy atom. The Hall–Kier alpha value is -0.110. The number of nitrogens with zero attached hydrogens (tertiary/aromatic N) is 1. The molecule has 58 valence electrons. The summed E-state index contributed by atoms with van der Waals surface area (Å²) in [6.07, 6.45) is 7.22. The van der Waals surface area contributed by atoms with Crippen molar-refractivity contribution in [1.29, 1.82) is 0 Å². The molecule has 0 amide bonds. The predicted octanol–water partition coefficient (Wildman–Crippen LogP) is 3.50. The van der Waals surface area contributed by atoms with E-state index in [1.807, 2.05) is 13.0 Å². The summed E-state index contributed by atoms with van der Waals surface area (Å²) in [5, 5.41) is 0. The first kappa shape index (κ1) is 9.89. The summed E-state index contributed by atoms with van der Waals surface area (Å²) in [7, 11) is 0. The van der Waals surface area contributed by atoms with Crippen LogP contribution < -0.4 is 0 Å². The van der Waals surface area contributed by atoms with Crippen LogP contribution in [0.15, 0.2) is 17.3 Å². The third-order valence-corrected chi connectivity index (χ3v) is 1.70. The predicted molar refractivity (Wildman–Crippen MR) is 50.7 cm³/mol. The van der Waals surface area contributed by atoms with Gasteiger partial charge < -0.3 is 0 Å². The topological polar surface area (TPSA) is 12.4 Å². The lowest BCUT2D eigenvalue weighted by molar-refractivity contribution is 0.841. The van der Waals surface area contributed by atoms with E-state index in [-0.39, 0.29) is 0 Å². The van der Waals surface area contributed by atoms with Crippen LogP contribution >= 0.6 is 15.9 Å². The van der Waals surface area contributed by atoms with Gasteiger partial charge in [0.25, 0.3) is 0 Å². The van der Waals surface area contributed by atoms with Crippen molar-refractivity contribution in [2.24, 2.45) is 4.99 Å². The fraction of sp³-hybridized carbons (Fsp3) is 0.625. The Labute approximate surface area is 71.4 Å². The van der Waals surface area contributed by atoms with Gasteiger partial charge in [0, 0.05) is 6.20 Å². The highest BCUT2D eigenvalue weighted by atomic mass is 79.9. The van der Waals surface area contributed by atoms with Crippen LogP contribution in [0.1, 0.15) is 33.1 Å². The summed E-state index contributed by atoms with van der Waals surface area (Å²) in [5.74, 6) is 0. The number of rotatable bonds is 4. The van der Waals surface area contributed by atoms with E-state index in [0.29, 0.717) is 0 Å². The summed E-state index contributed by atoms with van der Waals surface area (Å²) < 4.78 is 1.05. The van der Waals surface area contributed by atoms with Crippen LogP contribution in [0.25, 0.3) is 0 Å². The van der Waals surface area contributed by atoms with E-state index >= 15 is 0 Å². The van der Waals surface area contributed by atoms with Crippen LogP contribution in [0.3, 0.4) is 0 Å². The molecule has 0 aliphatic heterocycles. The van der Waals surface area contributed by atoms with Gasteiger partial charge in [-0.1, -0.05) is 19.4 Å². The molecule has 0 spiro atoms. The average molecular weight is 204 g/mol. The van der Waals surface area contributed by atoms with E-state index in [9.17, 15) is 0 Å². The molecule has 0 aliphatic carbocycles. The molecule has 0 saturated heterocycles. The number of hydrogen-bond donors (Lipinski definition) is 0. The van der Waals surface area contributed by atoms with Crippen LogP contribution in [0.4, 0.5) is 0 Å². The van der Waals surface area contributed by atoms with Gasteiger partial charge in [-0.05, 0) is 35.7 Å². The van der Waals surface area contributed by atoms with Crippen LogP contribution in [0, 0.1) is 0 Å². The maximum atomic E-state index is 4.13. The second-order valence-corrected chi connectivity index (χ2v) is 3.01. The van der Waals surface area contributed by atoms with Crippen molar-refractivity contribution in [2.45, 2.75) is 33.1 Å². The fourth-order valence-electron chi connectivity index (χ4n) is 0.543. The molecule has 0 aromatic carbocycles. The van der Waals surface area contributed by atoms with E-state index in [4.69, 9.17) is 0 Å². The van der Waals surface area contributed by atoms with E-state index in [1.54, 1.807) is 6.20 Å². The summed E-state index contributed by atoms with van der Waals surface area (Å²) in [5.41, 5.74) is 0. The first-order valence-corrected chi connectivity index (χ1v) is 4.44. The molecule has 0 fully saturated rings. The zero-order chi connectivity index (χ0) is 7.82. The molecule has 0 unspecified atom stereocenters. The molecule has 10 heavy (non-hydrogen) atoms. The molecule has 0 rings (SSSR count). The minimum absolute atomic E-state index is 1.05. The average Bonchev–Trinajstić information content (AvgIpc) is 1.97. The lowest BCUT2D eigenvalue weighted by atomic mass is 10.3. The van der Waals surface area contributed by atoms with Crippen LogP contribution in [-0.2, 0) is 0 Å². The first-order valence-electron chi connectivity index (χ1n) is 3.64. The molecule has 0 aromatic rings. The van der Waals surface area contributed by atoms with Gasteiger partial charge in [-0.3, -0.25) is 4.99 Å². The second-order valence-electron chi connectivity index (χ2n) is 2.09. The van der Waals surface area contributed by atoms with Gasteiger partial charge in [-0.2, -0.15) is 0 Å². The maximum Gasteiger partial charge on any atom is 0.0829 e. The quantitative estimate of drug-likeness (QED) is 0.621. The molecule has 0 atom stereocenters. The van der Waals surface area contributed by atoms with Crippen LogP contribution in [0.2, 0.25) is 0 Å². The SMILES string of the molecule is C/C=C\N=C(Br)CCCC. The molecule has 0 bridgehead atoms. The normalized spacial score (nSPS) is 12.9. The van der Waals surface area contributed by atoms with E-state index in [2.05, 4.69) is 27.8 Å². The summed E-state index contributed by atoms with van der Waals surface area (Å²) in [6.45, 7) is 4.14. The molecule has 2 heteroatoms. The van der Waals surface area contributed by atoms with Crippen molar-refractivity contribution in [3.05, 3.63) is 12.3 Å². The Morgan fingerprint density at radius 3 is 2.80 bits per heavy atom. The Kier molecular flexibility index (Phi) is 6.93. The molecule has 0 aromatic heterocycles. The van der Waals surface area contributed by atoms with Crippen molar-refractivity contribution in [2.75, 3.05) is 0 Å². The lowest BCUT2D eigenvalue weighted by Crippen LogP contribution is -1.83. The molecular weight excluding hydrogens is 190 g/mol. The van der Waals surface area contributed by atoms with Crippen LogP contribution in [0.5, 0.6) is 0 Å². The zero-order valence-corrected chi connectivity index (χ0v) is 8.19. The summed E-state index contributed by atoms with van der Waals surface area (Å²) in [6, 6.07) is 0. The number of halogens is 1. The van der Waals surface area contributed by atoms with Gasteiger partial charge in [-0.15, -0.1) is 0 Å². The van der Waals surface area contributed by atoms with Gasteiger partial charge in [-0.25, -0.2) is 0 Å². The van der Waals surface area contributed by atoms with Crippen LogP contribution in [-0.4, -0.2) is 4.62 Å². The fourth-order valence-corrected chi connectivity index (χ4v) is 0.941. The van der Waals surface area contributed by atoms with Gasteiger partial charge >= 0.3 is 0 Å². The number of hydrogen-bond acceptors (Lipinski definition) is 1. The number of allylic oxidation sites excluding steroid dienone is 1. The van der Waals surface area contributed by atoms with Crippen molar-refractivity contribution >= 4 is 20.6 Å². The highest BCUT2D eigenvalue weighted by Crippen LogP contribution is 2.02. The van der Waals surface area contributed by atoms with Gasteiger partial charge in [0.1, 0.15) is 0 Å². The van der Waals surface area contributed by atoms with Gasteiger partial charge in [0.05, 0.1) is 4.62 Å². The van der Waals surface area contributed by atoms with Gasteiger partial charge in [0.15, 0.2) is 0 Å². The van der Waals surface area contributed by atoms with E-state index in [1.165, 1.54) is 12.8 Å². The van der Waals surface area contributed by atoms with E-state index in [0.717, 1.165) is 11.0 Å². The molecule has 0 heterocycles. The summed E-state index contributed by atoms with van der Waals surface area (Å²) in [4.78, 5) is 4.13. The molecule has 0 saturated carbocycles. The van der Waals surface area contributed by atoms with E-state index < -0.39 is 0 Å². The third kappa shape index (κ3) is 6.02. The number of aliphatic imine (C=N–C) groups is 1. The Bertz CT molecular complexity index is 127. The molecule has 1 nitrogen and oxygen atoms in total. The Balaban J connectivity index is 3.49. The van der Waals surface area contributed by atoms with Crippen molar-refractivity contribution in [3.8, 4) is 0 Å². The molecular formula is C8H14BrN. The standard InChI is InChI=1S/C8H14BrN/c1-3-5-6-8(9)10-7-4-2/h4,7H,3,5-6H2,1-2H3/b7-4-,10-8?. The molecule has 0 radical (unpaired) electrons. The largest absolute Gasteiger partial charge is 0.254 e. The Morgan fingerprint density at radius 2 is 2.30 bits per heavy atom. The monoisotopic (exact) mass is 203 g/mol. The first-order chi connectivity index (χ1) is 4.81. The highest BCUT2D eigenvalue weighted by Gasteiger charge is 1.89.